The van der Waals surface area contributed by atoms with Crippen LogP contribution in [0.1, 0.15) is 5.56 Å². The number of rotatable bonds is 6. The topological polar surface area (TPSA) is 47.6 Å². The fraction of sp³-hybridized carbons (Fsp3) is 0.136. The van der Waals surface area contributed by atoms with Gasteiger partial charge in [0.25, 0.3) is 0 Å². The Kier molecular flexibility index (Phi) is 5.30. The molecule has 0 radical (unpaired) electrons. The third kappa shape index (κ3) is 4.26. The number of anilines is 1. The van der Waals surface area contributed by atoms with Crippen molar-refractivity contribution in [1.82, 2.24) is 0 Å². The molecule has 0 saturated carbocycles. The SMILES string of the molecule is O=C(CSCc1ccc2c(c1)OCO2)Nc1ccccc1-c1ccccc1. The average Bonchev–Trinajstić information content (AvgIpc) is 3.17. The number of thioether (sulfide) groups is 1. The van der Waals surface area contributed by atoms with Crippen LogP contribution in [0.2, 0.25) is 0 Å². The van der Waals surface area contributed by atoms with Crippen molar-refractivity contribution in [1.29, 1.82) is 0 Å². The van der Waals surface area contributed by atoms with Gasteiger partial charge in [-0.05, 0) is 29.3 Å². The lowest BCUT2D eigenvalue weighted by Gasteiger charge is -2.11. The predicted molar refractivity (Wildman–Crippen MR) is 109 cm³/mol. The molecule has 136 valence electrons. The summed E-state index contributed by atoms with van der Waals surface area (Å²) in [5.74, 6) is 2.67. The quantitative estimate of drug-likeness (QED) is 0.660. The Bertz CT molecular complexity index is 943. The van der Waals surface area contributed by atoms with Gasteiger partial charge in [0.05, 0.1) is 5.75 Å². The first-order valence-corrected chi connectivity index (χ1v) is 9.85. The molecule has 0 aromatic heterocycles. The first-order valence-electron chi connectivity index (χ1n) is 8.70. The highest BCUT2D eigenvalue weighted by Gasteiger charge is 2.13. The molecule has 1 aliphatic heterocycles. The van der Waals surface area contributed by atoms with Crippen molar-refractivity contribution in [2.24, 2.45) is 0 Å². The van der Waals surface area contributed by atoms with E-state index in [1.54, 1.807) is 11.8 Å². The monoisotopic (exact) mass is 377 g/mol. The molecule has 0 fully saturated rings. The van der Waals surface area contributed by atoms with Crippen molar-refractivity contribution < 1.29 is 14.3 Å². The van der Waals surface area contributed by atoms with E-state index in [1.807, 2.05) is 72.8 Å². The van der Waals surface area contributed by atoms with Crippen molar-refractivity contribution in [3.63, 3.8) is 0 Å². The Morgan fingerprint density at radius 2 is 1.70 bits per heavy atom. The van der Waals surface area contributed by atoms with Crippen molar-refractivity contribution in [2.75, 3.05) is 17.9 Å². The highest BCUT2D eigenvalue weighted by atomic mass is 32.2. The number of amides is 1. The van der Waals surface area contributed by atoms with Crippen molar-refractivity contribution >= 4 is 23.4 Å². The molecular formula is C22H19NO3S. The zero-order valence-corrected chi connectivity index (χ0v) is 15.5. The van der Waals surface area contributed by atoms with E-state index < -0.39 is 0 Å². The molecule has 27 heavy (non-hydrogen) atoms. The lowest BCUT2D eigenvalue weighted by molar-refractivity contribution is -0.113. The number of carbonyl (C=O) groups excluding carboxylic acids is 1. The number of hydrogen-bond donors (Lipinski definition) is 1. The average molecular weight is 377 g/mol. The third-order valence-electron chi connectivity index (χ3n) is 4.22. The molecule has 0 aliphatic carbocycles. The lowest BCUT2D eigenvalue weighted by atomic mass is 10.0. The number of benzene rings is 3. The van der Waals surface area contributed by atoms with Gasteiger partial charge in [-0.1, -0.05) is 54.6 Å². The molecule has 5 heteroatoms. The summed E-state index contributed by atoms with van der Waals surface area (Å²) in [6, 6.07) is 23.8. The predicted octanol–water partition coefficient (Wildman–Crippen LogP) is 4.95. The van der Waals surface area contributed by atoms with Crippen LogP contribution in [-0.4, -0.2) is 18.5 Å². The van der Waals surface area contributed by atoms with Crippen LogP contribution in [0.5, 0.6) is 11.5 Å². The Morgan fingerprint density at radius 1 is 0.926 bits per heavy atom. The second-order valence-electron chi connectivity index (χ2n) is 6.14. The normalized spacial score (nSPS) is 12.0. The van der Waals surface area contributed by atoms with E-state index in [0.717, 1.165) is 39.6 Å². The Balaban J connectivity index is 1.35. The number of carbonyl (C=O) groups is 1. The maximum atomic E-state index is 12.4. The molecule has 3 aromatic rings. The van der Waals surface area contributed by atoms with Crippen molar-refractivity contribution in [3.8, 4) is 22.6 Å². The summed E-state index contributed by atoms with van der Waals surface area (Å²) >= 11 is 1.57. The lowest BCUT2D eigenvalue weighted by Crippen LogP contribution is -2.14. The maximum Gasteiger partial charge on any atom is 0.234 e. The Labute approximate surface area is 162 Å². The van der Waals surface area contributed by atoms with Gasteiger partial charge in [0.1, 0.15) is 0 Å². The summed E-state index contributed by atoms with van der Waals surface area (Å²) in [6.45, 7) is 0.273. The van der Waals surface area contributed by atoms with Gasteiger partial charge < -0.3 is 14.8 Å². The number of hydrogen-bond acceptors (Lipinski definition) is 4. The number of para-hydroxylation sites is 1. The van der Waals surface area contributed by atoms with Crippen LogP contribution < -0.4 is 14.8 Å². The number of ether oxygens (including phenoxy) is 2. The van der Waals surface area contributed by atoms with Gasteiger partial charge in [-0.25, -0.2) is 0 Å². The Morgan fingerprint density at radius 3 is 2.59 bits per heavy atom. The van der Waals surface area contributed by atoms with E-state index in [4.69, 9.17) is 9.47 Å². The van der Waals surface area contributed by atoms with Gasteiger partial charge in [0.2, 0.25) is 12.7 Å². The molecule has 4 nitrogen and oxygen atoms in total. The minimum Gasteiger partial charge on any atom is -0.454 e. The summed E-state index contributed by atoms with van der Waals surface area (Å²) in [4.78, 5) is 12.4. The summed E-state index contributed by atoms with van der Waals surface area (Å²) in [6.07, 6.45) is 0. The highest BCUT2D eigenvalue weighted by Crippen LogP contribution is 2.33. The summed E-state index contributed by atoms with van der Waals surface area (Å²) in [7, 11) is 0. The van der Waals surface area contributed by atoms with Gasteiger partial charge in [-0.2, -0.15) is 0 Å². The summed E-state index contributed by atoms with van der Waals surface area (Å²) < 4.78 is 10.7. The molecule has 1 amide bonds. The molecule has 0 saturated heterocycles. The molecule has 0 unspecified atom stereocenters. The molecule has 1 aliphatic rings. The van der Waals surface area contributed by atoms with Crippen molar-refractivity contribution in [2.45, 2.75) is 5.75 Å². The van der Waals surface area contributed by atoms with E-state index in [9.17, 15) is 4.79 Å². The third-order valence-corrected chi connectivity index (χ3v) is 5.23. The van der Waals surface area contributed by atoms with Crippen LogP contribution in [0.4, 0.5) is 5.69 Å². The zero-order chi connectivity index (χ0) is 18.5. The van der Waals surface area contributed by atoms with Gasteiger partial charge in [0, 0.05) is 17.0 Å². The van der Waals surface area contributed by atoms with Crippen LogP contribution in [0.15, 0.2) is 72.8 Å². The van der Waals surface area contributed by atoms with Gasteiger partial charge >= 0.3 is 0 Å². The molecule has 3 aromatic carbocycles. The van der Waals surface area contributed by atoms with Crippen LogP contribution in [-0.2, 0) is 10.5 Å². The second-order valence-corrected chi connectivity index (χ2v) is 7.13. The summed E-state index contributed by atoms with van der Waals surface area (Å²) in [5.41, 5.74) is 4.05. The van der Waals surface area contributed by atoms with Crippen LogP contribution in [0.25, 0.3) is 11.1 Å². The molecule has 0 spiro atoms. The number of nitrogens with one attached hydrogen (secondary N) is 1. The minimum atomic E-state index is -0.0101. The fourth-order valence-electron chi connectivity index (χ4n) is 2.94. The maximum absolute atomic E-state index is 12.4. The molecule has 0 bridgehead atoms. The first-order chi connectivity index (χ1) is 13.3. The van der Waals surface area contributed by atoms with Gasteiger partial charge in [-0.3, -0.25) is 4.79 Å². The van der Waals surface area contributed by atoms with Gasteiger partial charge in [-0.15, -0.1) is 11.8 Å². The number of fused-ring (bicyclic) bond motifs is 1. The standard InChI is InChI=1S/C22H19NO3S/c24-22(14-27-13-16-10-11-20-21(12-16)26-15-25-20)23-19-9-5-4-8-18(19)17-6-2-1-3-7-17/h1-12H,13-15H2,(H,23,24). The molecule has 1 heterocycles. The smallest absolute Gasteiger partial charge is 0.234 e. The second kappa shape index (κ2) is 8.18. The molecular weight excluding hydrogens is 358 g/mol. The van der Waals surface area contributed by atoms with E-state index in [0.29, 0.717) is 5.75 Å². The van der Waals surface area contributed by atoms with Gasteiger partial charge in [0.15, 0.2) is 11.5 Å². The molecule has 0 atom stereocenters. The Hall–Kier alpha value is -2.92. The highest BCUT2D eigenvalue weighted by molar-refractivity contribution is 7.99. The summed E-state index contributed by atoms with van der Waals surface area (Å²) in [5, 5.41) is 3.03. The minimum absolute atomic E-state index is 0.0101. The molecule has 1 N–H and O–H groups in total. The first kappa shape index (κ1) is 17.5. The van der Waals surface area contributed by atoms with E-state index in [-0.39, 0.29) is 12.7 Å². The zero-order valence-electron chi connectivity index (χ0n) is 14.7. The van der Waals surface area contributed by atoms with Crippen molar-refractivity contribution in [3.05, 3.63) is 78.4 Å². The van der Waals surface area contributed by atoms with Crippen LogP contribution in [0, 0.1) is 0 Å². The van der Waals surface area contributed by atoms with E-state index >= 15 is 0 Å². The largest absolute Gasteiger partial charge is 0.454 e. The van der Waals surface area contributed by atoms with Crippen LogP contribution in [0.3, 0.4) is 0 Å². The van der Waals surface area contributed by atoms with E-state index in [2.05, 4.69) is 5.32 Å². The van der Waals surface area contributed by atoms with E-state index in [1.165, 1.54) is 0 Å². The fourth-order valence-corrected chi connectivity index (χ4v) is 3.72. The molecule has 4 rings (SSSR count). The van der Waals surface area contributed by atoms with Crippen LogP contribution >= 0.6 is 11.8 Å².